The van der Waals surface area contributed by atoms with E-state index in [1.807, 2.05) is 0 Å². The van der Waals surface area contributed by atoms with Crippen LogP contribution in [0.5, 0.6) is 0 Å². The minimum absolute atomic E-state index is 0.748. The normalized spacial score (nSPS) is 38.9. The quantitative estimate of drug-likeness (QED) is 0.314. The van der Waals surface area contributed by atoms with Crippen molar-refractivity contribution >= 4 is 40.7 Å². The van der Waals surface area contributed by atoms with Crippen LogP contribution in [0.1, 0.15) is 6.92 Å². The molecule has 0 aromatic carbocycles. The Morgan fingerprint density at radius 1 is 1.18 bits per heavy atom. The van der Waals surface area contributed by atoms with E-state index in [9.17, 15) is 15.3 Å². The zero-order chi connectivity index (χ0) is 13.4. The van der Waals surface area contributed by atoms with Crippen molar-refractivity contribution in [1.29, 1.82) is 5.41 Å². The molecule has 4 N–H and O–H groups in total. The Hall–Kier alpha value is 0.180. The van der Waals surface area contributed by atoms with E-state index in [0.717, 1.165) is 0 Å². The molecule has 0 aromatic heterocycles. The van der Waals surface area contributed by atoms with Crippen LogP contribution in [0.2, 0.25) is 0 Å². The summed E-state index contributed by atoms with van der Waals surface area (Å²) in [5.41, 5.74) is 0. The highest BCUT2D eigenvalue weighted by molar-refractivity contribution is 6.76. The van der Waals surface area contributed by atoms with Crippen LogP contribution in [0.25, 0.3) is 0 Å². The van der Waals surface area contributed by atoms with Gasteiger partial charge in [-0.05, 0) is 6.92 Å². The molecule has 17 heavy (non-hydrogen) atoms. The third kappa shape index (κ3) is 3.57. The highest BCUT2D eigenvalue weighted by Gasteiger charge is 2.44. The summed E-state index contributed by atoms with van der Waals surface area (Å²) < 4.78 is 7.76. The molecule has 6 nitrogen and oxygen atoms in total. The van der Waals surface area contributed by atoms with Crippen molar-refractivity contribution in [1.82, 2.24) is 0 Å². The second kappa shape index (κ2) is 5.44. The van der Waals surface area contributed by atoms with Gasteiger partial charge in [-0.1, -0.05) is 34.8 Å². The smallest absolute Gasteiger partial charge is 0.265 e. The number of rotatable bonds is 1. The van der Waals surface area contributed by atoms with E-state index >= 15 is 0 Å². The zero-order valence-electron chi connectivity index (χ0n) is 8.68. The molecular formula is C8H12Cl3NO5. The molecule has 0 amide bonds. The lowest BCUT2D eigenvalue weighted by Crippen LogP contribution is -2.58. The standard InChI is InChI=1S/C8H12Cl3NO5/c1-2-3(13)4(14)5(15)6(16-2)17-7(12)8(9,10)11/h2-6,12-15H,1H3/t2-,3+,4+,5-,6-/m0/s1. The third-order valence-electron chi connectivity index (χ3n) is 2.30. The predicted molar refractivity (Wildman–Crippen MR) is 61.5 cm³/mol. The van der Waals surface area contributed by atoms with Gasteiger partial charge in [0.25, 0.3) is 3.79 Å². The van der Waals surface area contributed by atoms with Crippen LogP contribution in [0.3, 0.4) is 0 Å². The van der Waals surface area contributed by atoms with Gasteiger partial charge in [0.05, 0.1) is 6.10 Å². The Morgan fingerprint density at radius 3 is 2.18 bits per heavy atom. The number of halogens is 3. The van der Waals surface area contributed by atoms with Gasteiger partial charge in [-0.2, -0.15) is 0 Å². The topological polar surface area (TPSA) is 103 Å². The Labute approximate surface area is 112 Å². The van der Waals surface area contributed by atoms with Crippen LogP contribution in [0.4, 0.5) is 0 Å². The first-order chi connectivity index (χ1) is 7.64. The lowest BCUT2D eigenvalue weighted by Gasteiger charge is -2.39. The molecule has 1 fully saturated rings. The first-order valence-electron chi connectivity index (χ1n) is 4.66. The maximum atomic E-state index is 9.55. The third-order valence-corrected chi connectivity index (χ3v) is 2.81. The van der Waals surface area contributed by atoms with E-state index in [-0.39, 0.29) is 0 Å². The van der Waals surface area contributed by atoms with E-state index in [1.54, 1.807) is 0 Å². The van der Waals surface area contributed by atoms with E-state index in [2.05, 4.69) is 0 Å². The summed E-state index contributed by atoms with van der Waals surface area (Å²) >= 11 is 16.2. The molecule has 1 heterocycles. The summed E-state index contributed by atoms with van der Waals surface area (Å²) in [5, 5.41) is 35.7. The van der Waals surface area contributed by atoms with Crippen LogP contribution >= 0.6 is 34.8 Å². The molecule has 5 atom stereocenters. The molecular weight excluding hydrogens is 296 g/mol. The summed E-state index contributed by atoms with van der Waals surface area (Å²) in [5.74, 6) is -0.748. The molecule has 1 aliphatic heterocycles. The predicted octanol–water partition coefficient (Wildman–Crippen LogP) is 0.178. The molecule has 0 aromatic rings. The van der Waals surface area contributed by atoms with Crippen molar-refractivity contribution < 1.29 is 24.8 Å². The number of aliphatic hydroxyl groups is 3. The highest BCUT2D eigenvalue weighted by atomic mass is 35.6. The molecule has 1 aliphatic rings. The van der Waals surface area contributed by atoms with Gasteiger partial charge < -0.3 is 24.8 Å². The fraction of sp³-hybridized carbons (Fsp3) is 0.875. The Morgan fingerprint density at radius 2 is 1.71 bits per heavy atom. The van der Waals surface area contributed by atoms with Gasteiger partial charge in [0.15, 0.2) is 0 Å². The van der Waals surface area contributed by atoms with Crippen molar-refractivity contribution in [3.8, 4) is 0 Å². The first kappa shape index (κ1) is 15.2. The molecule has 0 saturated carbocycles. The first-order valence-corrected chi connectivity index (χ1v) is 5.80. The molecule has 0 aliphatic carbocycles. The number of aliphatic hydroxyl groups excluding tert-OH is 3. The monoisotopic (exact) mass is 307 g/mol. The number of hydrogen-bond donors (Lipinski definition) is 4. The number of ether oxygens (including phenoxy) is 2. The van der Waals surface area contributed by atoms with Crippen molar-refractivity contribution in [2.45, 2.75) is 41.4 Å². The molecule has 0 unspecified atom stereocenters. The molecule has 9 heteroatoms. The molecule has 0 bridgehead atoms. The molecule has 1 saturated heterocycles. The fourth-order valence-electron chi connectivity index (χ4n) is 1.29. The summed E-state index contributed by atoms with van der Waals surface area (Å²) in [6.07, 6.45) is -6.44. The van der Waals surface area contributed by atoms with Crippen molar-refractivity contribution in [2.75, 3.05) is 0 Å². The highest BCUT2D eigenvalue weighted by Crippen LogP contribution is 2.30. The van der Waals surface area contributed by atoms with Gasteiger partial charge >= 0.3 is 0 Å². The lowest BCUT2D eigenvalue weighted by molar-refractivity contribution is -0.272. The second-order valence-electron chi connectivity index (χ2n) is 3.63. The number of nitrogens with one attached hydrogen (secondary N) is 1. The van der Waals surface area contributed by atoms with E-state index in [0.29, 0.717) is 0 Å². The van der Waals surface area contributed by atoms with Crippen LogP contribution in [-0.2, 0) is 9.47 Å². The Bertz CT molecular complexity index is 297. The van der Waals surface area contributed by atoms with Crippen LogP contribution in [0.15, 0.2) is 0 Å². The van der Waals surface area contributed by atoms with Crippen LogP contribution < -0.4 is 0 Å². The minimum atomic E-state index is -2.09. The van der Waals surface area contributed by atoms with Gasteiger partial charge in [0, 0.05) is 0 Å². The summed E-state index contributed by atoms with van der Waals surface area (Å²) in [4.78, 5) is 0. The average Bonchev–Trinajstić information content (AvgIpc) is 2.21. The van der Waals surface area contributed by atoms with Crippen molar-refractivity contribution in [3.63, 3.8) is 0 Å². The van der Waals surface area contributed by atoms with Crippen LogP contribution in [-0.4, -0.2) is 55.7 Å². The minimum Gasteiger partial charge on any atom is -0.445 e. The van der Waals surface area contributed by atoms with E-state index in [4.69, 9.17) is 49.7 Å². The largest absolute Gasteiger partial charge is 0.445 e. The van der Waals surface area contributed by atoms with Gasteiger partial charge in [-0.25, -0.2) is 0 Å². The van der Waals surface area contributed by atoms with Gasteiger partial charge in [-0.3, -0.25) is 5.41 Å². The summed E-state index contributed by atoms with van der Waals surface area (Å²) in [7, 11) is 0. The lowest BCUT2D eigenvalue weighted by atomic mass is 10.0. The molecule has 100 valence electrons. The molecule has 0 spiro atoms. The average molecular weight is 309 g/mol. The van der Waals surface area contributed by atoms with Gasteiger partial charge in [0.2, 0.25) is 12.2 Å². The summed E-state index contributed by atoms with van der Waals surface area (Å²) in [6, 6.07) is 0. The fourth-order valence-corrected chi connectivity index (χ4v) is 1.43. The van der Waals surface area contributed by atoms with Gasteiger partial charge in [0.1, 0.15) is 18.3 Å². The molecule has 0 radical (unpaired) electrons. The van der Waals surface area contributed by atoms with Crippen molar-refractivity contribution in [2.24, 2.45) is 0 Å². The van der Waals surface area contributed by atoms with Crippen molar-refractivity contribution in [3.05, 3.63) is 0 Å². The zero-order valence-corrected chi connectivity index (χ0v) is 10.9. The SMILES string of the molecule is C[C@@H]1O[C@@H](OC(=N)C(Cl)(Cl)Cl)[C@@H](O)[C@H](O)[C@@H]1O. The Kier molecular flexibility index (Phi) is 4.88. The maximum Gasteiger partial charge on any atom is 0.265 e. The maximum absolute atomic E-state index is 9.55. The molecule has 1 rings (SSSR count). The van der Waals surface area contributed by atoms with Gasteiger partial charge in [-0.15, -0.1) is 0 Å². The van der Waals surface area contributed by atoms with Crippen LogP contribution in [0, 0.1) is 5.41 Å². The number of alkyl halides is 3. The van der Waals surface area contributed by atoms with E-state index < -0.39 is 40.4 Å². The Balaban J connectivity index is 2.69. The second-order valence-corrected chi connectivity index (χ2v) is 5.91. The summed E-state index contributed by atoms with van der Waals surface area (Å²) in [6.45, 7) is 1.47. The van der Waals surface area contributed by atoms with E-state index in [1.165, 1.54) is 6.92 Å². The number of hydrogen-bond acceptors (Lipinski definition) is 6.